The van der Waals surface area contributed by atoms with E-state index in [4.69, 9.17) is 0 Å². The fourth-order valence-electron chi connectivity index (χ4n) is 1.92. The lowest BCUT2D eigenvalue weighted by Gasteiger charge is -2.14. The number of nitrogens with one attached hydrogen (secondary N) is 1. The lowest BCUT2D eigenvalue weighted by molar-refractivity contribution is -0.138. The Morgan fingerprint density at radius 1 is 1.00 bits per heavy atom. The summed E-state index contributed by atoms with van der Waals surface area (Å²) < 4.78 is 64.6. The van der Waals surface area contributed by atoms with Gasteiger partial charge in [-0.3, -0.25) is 0 Å². The van der Waals surface area contributed by atoms with Crippen LogP contribution in [0.3, 0.4) is 0 Å². The van der Waals surface area contributed by atoms with Crippen molar-refractivity contribution in [2.75, 3.05) is 5.32 Å². The highest BCUT2D eigenvalue weighted by atomic mass is 19.4. The molecule has 0 saturated heterocycles. The molecule has 0 spiro atoms. The van der Waals surface area contributed by atoms with E-state index in [-0.39, 0.29) is 12.1 Å². The van der Waals surface area contributed by atoms with Gasteiger partial charge < -0.3 is 5.32 Å². The molecule has 2 aromatic carbocycles. The normalized spacial score (nSPS) is 11.5. The second kappa shape index (κ2) is 5.71. The zero-order valence-corrected chi connectivity index (χ0v) is 11.1. The van der Waals surface area contributed by atoms with Gasteiger partial charge in [-0.15, -0.1) is 0 Å². The van der Waals surface area contributed by atoms with Gasteiger partial charge in [0.2, 0.25) is 0 Å². The maximum atomic E-state index is 13.1. The van der Waals surface area contributed by atoms with Crippen molar-refractivity contribution in [1.29, 1.82) is 0 Å². The molecule has 0 aliphatic carbocycles. The van der Waals surface area contributed by atoms with Crippen LogP contribution in [0.15, 0.2) is 36.4 Å². The van der Waals surface area contributed by atoms with E-state index in [9.17, 15) is 22.0 Å². The molecule has 0 amide bonds. The van der Waals surface area contributed by atoms with Crippen LogP contribution in [0, 0.1) is 18.6 Å². The zero-order chi connectivity index (χ0) is 15.6. The second-order valence-corrected chi connectivity index (χ2v) is 4.62. The second-order valence-electron chi connectivity index (χ2n) is 4.62. The van der Waals surface area contributed by atoms with Crippen LogP contribution in [-0.4, -0.2) is 0 Å². The average molecular weight is 301 g/mol. The Kier molecular flexibility index (Phi) is 4.16. The maximum Gasteiger partial charge on any atom is 0.416 e. The molecule has 6 heteroatoms. The molecule has 0 atom stereocenters. The average Bonchev–Trinajstić information content (AvgIpc) is 2.40. The van der Waals surface area contributed by atoms with E-state index in [0.717, 1.165) is 12.1 Å². The first-order valence-corrected chi connectivity index (χ1v) is 6.13. The number of aryl methyl sites for hydroxylation is 1. The number of halogens is 5. The summed E-state index contributed by atoms with van der Waals surface area (Å²) in [5, 5.41) is 2.77. The number of benzene rings is 2. The van der Waals surface area contributed by atoms with E-state index in [1.807, 2.05) is 0 Å². The lowest BCUT2D eigenvalue weighted by Crippen LogP contribution is -2.12. The Labute approximate surface area is 118 Å². The number of hydrogen-bond acceptors (Lipinski definition) is 1. The quantitative estimate of drug-likeness (QED) is 0.795. The van der Waals surface area contributed by atoms with Crippen molar-refractivity contribution < 1.29 is 22.0 Å². The molecule has 1 nitrogen and oxygen atoms in total. The highest BCUT2D eigenvalue weighted by Gasteiger charge is 2.33. The van der Waals surface area contributed by atoms with Crippen molar-refractivity contribution >= 4 is 5.69 Å². The summed E-state index contributed by atoms with van der Waals surface area (Å²) in [5.74, 6) is -1.33. The van der Waals surface area contributed by atoms with Crippen LogP contribution in [0.25, 0.3) is 0 Å². The van der Waals surface area contributed by atoms with Gasteiger partial charge in [0, 0.05) is 12.2 Å². The predicted molar refractivity (Wildman–Crippen MR) is 69.9 cm³/mol. The number of rotatable bonds is 3. The molecular formula is C15H12F5N. The van der Waals surface area contributed by atoms with Gasteiger partial charge in [-0.05, 0) is 48.4 Å². The van der Waals surface area contributed by atoms with Crippen LogP contribution < -0.4 is 5.32 Å². The first-order valence-electron chi connectivity index (χ1n) is 6.13. The third kappa shape index (κ3) is 3.71. The van der Waals surface area contributed by atoms with E-state index in [0.29, 0.717) is 17.3 Å². The number of anilines is 1. The molecule has 112 valence electrons. The number of alkyl halides is 3. The molecule has 0 fully saturated rings. The Morgan fingerprint density at radius 2 is 1.71 bits per heavy atom. The van der Waals surface area contributed by atoms with Crippen molar-refractivity contribution in [3.05, 3.63) is 64.7 Å². The van der Waals surface area contributed by atoms with Crippen LogP contribution in [0.2, 0.25) is 0 Å². The molecule has 1 N–H and O–H groups in total. The van der Waals surface area contributed by atoms with Gasteiger partial charge in [0.25, 0.3) is 0 Å². The summed E-state index contributed by atoms with van der Waals surface area (Å²) >= 11 is 0. The largest absolute Gasteiger partial charge is 0.416 e. The molecule has 0 unspecified atom stereocenters. The highest BCUT2D eigenvalue weighted by Crippen LogP contribution is 2.32. The minimum atomic E-state index is -4.63. The van der Waals surface area contributed by atoms with Crippen LogP contribution in [-0.2, 0) is 12.7 Å². The van der Waals surface area contributed by atoms with E-state index >= 15 is 0 Å². The standard InChI is InChI=1S/C15H12F5N/c1-9-6-12(4-5-14(9)17)21-8-10-2-3-11(16)7-13(10)15(18,19)20/h2-7,21H,8H2,1H3. The monoisotopic (exact) mass is 301 g/mol. The topological polar surface area (TPSA) is 12.0 Å². The third-order valence-corrected chi connectivity index (χ3v) is 3.02. The summed E-state index contributed by atoms with van der Waals surface area (Å²) in [4.78, 5) is 0. The molecule has 0 radical (unpaired) electrons. The highest BCUT2D eigenvalue weighted by molar-refractivity contribution is 5.47. The van der Waals surface area contributed by atoms with Gasteiger partial charge in [0.1, 0.15) is 11.6 Å². The molecule has 0 aliphatic heterocycles. The molecule has 0 aliphatic rings. The zero-order valence-electron chi connectivity index (χ0n) is 11.1. The first-order chi connectivity index (χ1) is 9.77. The fraction of sp³-hybridized carbons (Fsp3) is 0.200. The Bertz CT molecular complexity index is 649. The molecule has 0 aromatic heterocycles. The smallest absolute Gasteiger partial charge is 0.381 e. The van der Waals surface area contributed by atoms with E-state index in [2.05, 4.69) is 5.32 Å². The third-order valence-electron chi connectivity index (χ3n) is 3.02. The fourth-order valence-corrected chi connectivity index (χ4v) is 1.92. The van der Waals surface area contributed by atoms with Crippen molar-refractivity contribution in [1.82, 2.24) is 0 Å². The van der Waals surface area contributed by atoms with Crippen molar-refractivity contribution in [3.63, 3.8) is 0 Å². The molecular weight excluding hydrogens is 289 g/mol. The molecule has 21 heavy (non-hydrogen) atoms. The predicted octanol–water partition coefficient (Wildman–Crippen LogP) is 4.90. The van der Waals surface area contributed by atoms with E-state index < -0.39 is 23.4 Å². The van der Waals surface area contributed by atoms with Gasteiger partial charge in [0.15, 0.2) is 0 Å². The molecule has 2 aromatic rings. The summed E-state index contributed by atoms with van der Waals surface area (Å²) in [6.07, 6.45) is -4.63. The van der Waals surface area contributed by atoms with Gasteiger partial charge in [-0.2, -0.15) is 13.2 Å². The minimum Gasteiger partial charge on any atom is -0.381 e. The summed E-state index contributed by atoms with van der Waals surface area (Å²) in [7, 11) is 0. The van der Waals surface area contributed by atoms with Gasteiger partial charge >= 0.3 is 6.18 Å². The van der Waals surface area contributed by atoms with Crippen molar-refractivity contribution in [2.24, 2.45) is 0 Å². The molecule has 2 rings (SSSR count). The SMILES string of the molecule is Cc1cc(NCc2ccc(F)cc2C(F)(F)F)ccc1F. The Balaban J connectivity index is 2.22. The molecule has 0 heterocycles. The minimum absolute atomic E-state index is 0.0779. The van der Waals surface area contributed by atoms with E-state index in [1.54, 1.807) is 6.92 Å². The van der Waals surface area contributed by atoms with Gasteiger partial charge in [0.05, 0.1) is 5.56 Å². The van der Waals surface area contributed by atoms with Gasteiger partial charge in [-0.25, -0.2) is 8.78 Å². The van der Waals surface area contributed by atoms with E-state index in [1.165, 1.54) is 18.2 Å². The van der Waals surface area contributed by atoms with Crippen LogP contribution >= 0.6 is 0 Å². The van der Waals surface area contributed by atoms with Crippen LogP contribution in [0.5, 0.6) is 0 Å². The molecule has 0 bridgehead atoms. The number of hydrogen-bond donors (Lipinski definition) is 1. The van der Waals surface area contributed by atoms with Crippen molar-refractivity contribution in [3.8, 4) is 0 Å². The summed E-state index contributed by atoms with van der Waals surface area (Å²) in [5.41, 5.74) is -0.221. The molecule has 0 saturated carbocycles. The summed E-state index contributed by atoms with van der Waals surface area (Å²) in [6, 6.07) is 6.68. The Hall–Kier alpha value is -2.11. The van der Waals surface area contributed by atoms with Crippen molar-refractivity contribution in [2.45, 2.75) is 19.6 Å². The maximum absolute atomic E-state index is 13.1. The van der Waals surface area contributed by atoms with Gasteiger partial charge in [-0.1, -0.05) is 6.07 Å². The van der Waals surface area contributed by atoms with Crippen LogP contribution in [0.1, 0.15) is 16.7 Å². The van der Waals surface area contributed by atoms with Crippen LogP contribution in [0.4, 0.5) is 27.6 Å². The lowest BCUT2D eigenvalue weighted by atomic mass is 10.1. The Morgan fingerprint density at radius 3 is 2.33 bits per heavy atom. The summed E-state index contributed by atoms with van der Waals surface area (Å²) in [6.45, 7) is 1.42. The first kappa shape index (κ1) is 15.3.